The predicted molar refractivity (Wildman–Crippen MR) is 81.5 cm³/mol. The molecule has 0 aliphatic carbocycles. The fourth-order valence-electron chi connectivity index (χ4n) is 1.46. The lowest BCUT2D eigenvalue weighted by atomic mass is 10.3. The van der Waals surface area contributed by atoms with Crippen molar-refractivity contribution in [1.29, 1.82) is 5.41 Å². The van der Waals surface area contributed by atoms with E-state index in [1.54, 1.807) is 12.1 Å². The lowest BCUT2D eigenvalue weighted by Crippen LogP contribution is -2.38. The molecule has 2 amide bonds. The normalized spacial score (nSPS) is 9.90. The van der Waals surface area contributed by atoms with Crippen LogP contribution in [0.4, 0.5) is 15.6 Å². The standard InChI is InChI=1S/C13H15N5OS/c1-8-9(2)20-13(15-8)18-11(14)17-12(19)16-10-6-4-3-5-7-10/h3-7H,1-2H3,(H4,14,15,16,17,18,19). The van der Waals surface area contributed by atoms with E-state index >= 15 is 0 Å². The fraction of sp³-hybridized carbons (Fsp3) is 0.154. The van der Waals surface area contributed by atoms with Crippen LogP contribution >= 0.6 is 11.3 Å². The number of benzene rings is 1. The summed E-state index contributed by atoms with van der Waals surface area (Å²) in [6.07, 6.45) is 0. The van der Waals surface area contributed by atoms with Crippen LogP contribution in [-0.4, -0.2) is 17.0 Å². The second-order valence-corrected chi connectivity index (χ2v) is 5.31. The summed E-state index contributed by atoms with van der Waals surface area (Å²) in [5.41, 5.74) is 1.58. The lowest BCUT2D eigenvalue weighted by Gasteiger charge is -2.08. The summed E-state index contributed by atoms with van der Waals surface area (Å²) in [5, 5.41) is 16.0. The van der Waals surface area contributed by atoms with Gasteiger partial charge in [-0.2, -0.15) is 0 Å². The highest BCUT2D eigenvalue weighted by Crippen LogP contribution is 2.20. The number of para-hydroxylation sites is 1. The summed E-state index contributed by atoms with van der Waals surface area (Å²) < 4.78 is 0. The van der Waals surface area contributed by atoms with Crippen molar-refractivity contribution in [2.75, 3.05) is 10.6 Å². The number of rotatable bonds is 2. The van der Waals surface area contributed by atoms with Crippen LogP contribution in [0.25, 0.3) is 0 Å². The Labute approximate surface area is 120 Å². The van der Waals surface area contributed by atoms with Crippen LogP contribution in [-0.2, 0) is 0 Å². The van der Waals surface area contributed by atoms with Gasteiger partial charge in [0.15, 0.2) is 5.13 Å². The number of nitrogens with zero attached hydrogens (tertiary/aromatic N) is 1. The lowest BCUT2D eigenvalue weighted by molar-refractivity contribution is 0.256. The molecule has 0 bridgehead atoms. The molecule has 6 nitrogen and oxygen atoms in total. The molecule has 0 spiro atoms. The molecule has 0 saturated heterocycles. The minimum absolute atomic E-state index is 0.118. The summed E-state index contributed by atoms with van der Waals surface area (Å²) in [7, 11) is 0. The number of thiazole rings is 1. The zero-order valence-corrected chi connectivity index (χ0v) is 12.0. The van der Waals surface area contributed by atoms with Gasteiger partial charge in [0.05, 0.1) is 5.69 Å². The molecule has 0 unspecified atom stereocenters. The number of hydrogen-bond donors (Lipinski definition) is 4. The average molecular weight is 289 g/mol. The molecule has 4 N–H and O–H groups in total. The van der Waals surface area contributed by atoms with E-state index in [0.29, 0.717) is 10.8 Å². The average Bonchev–Trinajstić information content (AvgIpc) is 2.68. The summed E-state index contributed by atoms with van der Waals surface area (Å²) >= 11 is 1.44. The van der Waals surface area contributed by atoms with Crippen LogP contribution in [0.15, 0.2) is 30.3 Å². The highest BCUT2D eigenvalue weighted by Gasteiger charge is 2.08. The highest BCUT2D eigenvalue weighted by atomic mass is 32.1. The molecule has 2 aromatic rings. The molecular weight excluding hydrogens is 274 g/mol. The van der Waals surface area contributed by atoms with Gasteiger partial charge in [0, 0.05) is 10.6 Å². The summed E-state index contributed by atoms with van der Waals surface area (Å²) in [6, 6.07) is 8.56. The van der Waals surface area contributed by atoms with Crippen molar-refractivity contribution in [3.8, 4) is 0 Å². The molecule has 1 aromatic heterocycles. The Balaban J connectivity index is 1.86. The van der Waals surface area contributed by atoms with E-state index in [4.69, 9.17) is 5.41 Å². The van der Waals surface area contributed by atoms with E-state index < -0.39 is 6.03 Å². The van der Waals surface area contributed by atoms with E-state index in [9.17, 15) is 4.79 Å². The largest absolute Gasteiger partial charge is 0.325 e. The quantitative estimate of drug-likeness (QED) is 0.506. The van der Waals surface area contributed by atoms with Crippen LogP contribution in [0, 0.1) is 19.3 Å². The zero-order chi connectivity index (χ0) is 14.5. The van der Waals surface area contributed by atoms with Gasteiger partial charge >= 0.3 is 6.03 Å². The van der Waals surface area contributed by atoms with Gasteiger partial charge in [0.1, 0.15) is 0 Å². The molecular formula is C13H15N5OS. The van der Waals surface area contributed by atoms with Gasteiger partial charge in [-0.1, -0.05) is 18.2 Å². The van der Waals surface area contributed by atoms with E-state index in [1.165, 1.54) is 11.3 Å². The third-order valence-corrected chi connectivity index (χ3v) is 3.52. The van der Waals surface area contributed by atoms with Crippen LogP contribution in [0.1, 0.15) is 10.6 Å². The van der Waals surface area contributed by atoms with Crippen molar-refractivity contribution in [1.82, 2.24) is 10.3 Å². The zero-order valence-electron chi connectivity index (χ0n) is 11.2. The van der Waals surface area contributed by atoms with Crippen LogP contribution < -0.4 is 16.0 Å². The summed E-state index contributed by atoms with van der Waals surface area (Å²) in [5.74, 6) is -0.118. The Kier molecular flexibility index (Phi) is 4.31. The number of carbonyl (C=O) groups excluding carboxylic acids is 1. The monoisotopic (exact) mass is 289 g/mol. The minimum Gasteiger partial charge on any atom is -0.308 e. The Morgan fingerprint density at radius 1 is 1.20 bits per heavy atom. The van der Waals surface area contributed by atoms with Gasteiger partial charge in [0.2, 0.25) is 5.96 Å². The van der Waals surface area contributed by atoms with Crippen LogP contribution in [0.2, 0.25) is 0 Å². The van der Waals surface area contributed by atoms with Gasteiger partial charge in [0.25, 0.3) is 0 Å². The molecule has 1 aromatic carbocycles. The van der Waals surface area contributed by atoms with Crippen molar-refractivity contribution in [2.24, 2.45) is 0 Å². The molecule has 0 aliphatic rings. The van der Waals surface area contributed by atoms with Gasteiger partial charge in [-0.05, 0) is 26.0 Å². The van der Waals surface area contributed by atoms with E-state index in [0.717, 1.165) is 10.6 Å². The smallest absolute Gasteiger partial charge is 0.308 e. The second kappa shape index (κ2) is 6.16. The van der Waals surface area contributed by atoms with Gasteiger partial charge in [-0.3, -0.25) is 10.7 Å². The number of aryl methyl sites for hydroxylation is 2. The SMILES string of the molecule is Cc1nc(NC(=N)NC(=O)Nc2ccccc2)sc1C. The van der Waals surface area contributed by atoms with Crippen LogP contribution in [0.5, 0.6) is 0 Å². The Bertz CT molecular complexity index is 603. The minimum atomic E-state index is -0.473. The summed E-state index contributed by atoms with van der Waals surface area (Å²) in [6.45, 7) is 3.85. The first-order chi connectivity index (χ1) is 9.54. The molecule has 20 heavy (non-hydrogen) atoms. The number of guanidine groups is 1. The van der Waals surface area contributed by atoms with E-state index in [1.807, 2.05) is 32.0 Å². The maximum Gasteiger partial charge on any atom is 0.325 e. The van der Waals surface area contributed by atoms with Gasteiger partial charge < -0.3 is 10.6 Å². The molecule has 1 heterocycles. The van der Waals surface area contributed by atoms with Crippen molar-refractivity contribution in [3.05, 3.63) is 40.9 Å². The first-order valence-electron chi connectivity index (χ1n) is 5.97. The second-order valence-electron chi connectivity index (χ2n) is 4.11. The molecule has 0 atom stereocenters. The Hall–Kier alpha value is -2.41. The molecule has 0 aliphatic heterocycles. The third kappa shape index (κ3) is 3.79. The molecule has 0 saturated carbocycles. The molecule has 0 fully saturated rings. The van der Waals surface area contributed by atoms with E-state index in [2.05, 4.69) is 20.9 Å². The molecule has 104 valence electrons. The number of carbonyl (C=O) groups is 1. The third-order valence-electron chi connectivity index (χ3n) is 2.53. The first-order valence-corrected chi connectivity index (χ1v) is 6.79. The number of amides is 2. The number of aromatic nitrogens is 1. The highest BCUT2D eigenvalue weighted by molar-refractivity contribution is 7.15. The fourth-order valence-corrected chi connectivity index (χ4v) is 2.28. The van der Waals surface area contributed by atoms with E-state index in [-0.39, 0.29) is 5.96 Å². The van der Waals surface area contributed by atoms with Crippen molar-refractivity contribution >= 4 is 34.1 Å². The summed E-state index contributed by atoms with van der Waals surface area (Å²) in [4.78, 5) is 17.0. The number of anilines is 2. The number of urea groups is 1. The van der Waals surface area contributed by atoms with Gasteiger partial charge in [-0.15, -0.1) is 11.3 Å². The Morgan fingerprint density at radius 2 is 1.90 bits per heavy atom. The van der Waals surface area contributed by atoms with Crippen molar-refractivity contribution in [3.63, 3.8) is 0 Å². The number of hydrogen-bond acceptors (Lipinski definition) is 4. The first kappa shape index (κ1) is 14.0. The number of nitrogens with one attached hydrogen (secondary N) is 4. The Morgan fingerprint density at radius 3 is 2.50 bits per heavy atom. The maximum absolute atomic E-state index is 11.7. The maximum atomic E-state index is 11.7. The van der Waals surface area contributed by atoms with Gasteiger partial charge in [-0.25, -0.2) is 9.78 Å². The predicted octanol–water partition coefficient (Wildman–Crippen LogP) is 2.93. The van der Waals surface area contributed by atoms with Crippen LogP contribution in [0.3, 0.4) is 0 Å². The molecule has 0 radical (unpaired) electrons. The van der Waals surface area contributed by atoms with Crippen molar-refractivity contribution < 1.29 is 4.79 Å². The topological polar surface area (TPSA) is 89.9 Å². The molecule has 2 rings (SSSR count). The van der Waals surface area contributed by atoms with Crippen molar-refractivity contribution in [2.45, 2.75) is 13.8 Å². The molecule has 7 heteroatoms.